The van der Waals surface area contributed by atoms with Gasteiger partial charge in [-0.15, -0.1) is 0 Å². The van der Waals surface area contributed by atoms with Crippen LogP contribution in [0.3, 0.4) is 0 Å². The Labute approximate surface area is 253 Å². The summed E-state index contributed by atoms with van der Waals surface area (Å²) in [6.45, 7) is 0. The van der Waals surface area contributed by atoms with Gasteiger partial charge in [0, 0.05) is 32.6 Å². The van der Waals surface area contributed by atoms with Crippen molar-refractivity contribution >= 4 is 66.4 Å². The lowest BCUT2D eigenvalue weighted by molar-refractivity contribution is -0.385. The van der Waals surface area contributed by atoms with E-state index in [2.05, 4.69) is 20.6 Å². The number of benzene rings is 2. The van der Waals surface area contributed by atoms with Gasteiger partial charge in [-0.2, -0.15) is 0 Å². The van der Waals surface area contributed by atoms with Crippen LogP contribution in [0.4, 0.5) is 23.0 Å². The zero-order chi connectivity index (χ0) is 29.2. The molecule has 2 aromatic heterocycles. The van der Waals surface area contributed by atoms with Crippen molar-refractivity contribution in [3.05, 3.63) is 104 Å². The van der Waals surface area contributed by atoms with E-state index in [-0.39, 0.29) is 38.8 Å². The van der Waals surface area contributed by atoms with Crippen molar-refractivity contribution in [2.24, 2.45) is 0 Å². The van der Waals surface area contributed by atoms with E-state index in [0.29, 0.717) is 38.6 Å². The van der Waals surface area contributed by atoms with E-state index in [9.17, 15) is 19.7 Å². The van der Waals surface area contributed by atoms with Crippen molar-refractivity contribution in [2.75, 3.05) is 30.6 Å². The molecule has 217 valence electrons. The number of pyridine rings is 2. The van der Waals surface area contributed by atoms with Gasteiger partial charge in [-0.3, -0.25) is 19.7 Å². The minimum Gasteiger partial charge on any atom is -0.497 e. The van der Waals surface area contributed by atoms with Crippen LogP contribution in [0.5, 0.6) is 11.5 Å². The predicted molar refractivity (Wildman–Crippen MR) is 164 cm³/mol. The number of nitrogens with zero attached hydrogens (tertiary/aromatic N) is 3. The minimum absolute atomic E-state index is 0. The van der Waals surface area contributed by atoms with Gasteiger partial charge in [-0.05, 0) is 54.6 Å². The molecule has 0 aliphatic carbocycles. The van der Waals surface area contributed by atoms with E-state index in [0.717, 1.165) is 0 Å². The van der Waals surface area contributed by atoms with Gasteiger partial charge in [0.05, 0.1) is 34.8 Å². The number of halogens is 2. The van der Waals surface area contributed by atoms with Gasteiger partial charge in [-0.1, -0.05) is 30.6 Å². The molecule has 4 aromatic rings. The highest BCUT2D eigenvalue weighted by Gasteiger charge is 2.21. The Kier molecular flexibility index (Phi) is 13.7. The summed E-state index contributed by atoms with van der Waals surface area (Å²) < 4.78 is 10.0. The third kappa shape index (κ3) is 9.64. The van der Waals surface area contributed by atoms with Crippen LogP contribution in [-0.4, -0.2) is 49.3 Å². The summed E-state index contributed by atoms with van der Waals surface area (Å²) in [4.78, 5) is 42.4. The number of anilines is 3. The maximum atomic E-state index is 12.1. The number of rotatable bonds is 7. The summed E-state index contributed by atoms with van der Waals surface area (Å²) in [5.74, 6) is 0.526. The van der Waals surface area contributed by atoms with E-state index >= 15 is 0 Å². The average molecular weight is 612 g/mol. The van der Waals surface area contributed by atoms with E-state index in [1.54, 1.807) is 36.4 Å². The first-order valence-corrected chi connectivity index (χ1v) is 12.0. The Balaban J connectivity index is 0.000000403. The molecule has 0 aliphatic heterocycles. The van der Waals surface area contributed by atoms with Gasteiger partial charge >= 0.3 is 0 Å². The first-order chi connectivity index (χ1) is 19.1. The molecular weight excluding hydrogens is 586 g/mol. The fraction of sp³-hybridized carbons (Fsp3) is 0.111. The van der Waals surface area contributed by atoms with Crippen LogP contribution in [0, 0.1) is 10.1 Å². The molecule has 4 N–H and O–H groups in total. The molecule has 0 bridgehead atoms. The fourth-order valence-electron chi connectivity index (χ4n) is 3.11. The Morgan fingerprint density at radius 3 is 1.69 bits per heavy atom. The van der Waals surface area contributed by atoms with Crippen LogP contribution in [0.2, 0.25) is 10.0 Å². The average Bonchev–Trinajstić information content (AvgIpc) is 2.95. The van der Waals surface area contributed by atoms with Crippen molar-refractivity contribution < 1.29 is 24.0 Å². The number of nitro groups is 1. The van der Waals surface area contributed by atoms with Crippen molar-refractivity contribution in [3.8, 4) is 11.5 Å². The second-order valence-electron chi connectivity index (χ2n) is 7.72. The largest absolute Gasteiger partial charge is 0.497 e. The summed E-state index contributed by atoms with van der Waals surface area (Å²) in [7, 11) is 2.93. The van der Waals surface area contributed by atoms with Gasteiger partial charge in [0.15, 0.2) is 0 Å². The highest BCUT2D eigenvalue weighted by Crippen LogP contribution is 2.25. The summed E-state index contributed by atoms with van der Waals surface area (Å²) in [5, 5.41) is 17.0. The number of hydrogen-bond donors (Lipinski definition) is 3. The van der Waals surface area contributed by atoms with Crippen molar-refractivity contribution in [3.63, 3.8) is 0 Å². The number of nitrogens with two attached hydrogens (primary N) is 1. The number of nitrogen functional groups attached to an aromatic ring is 1. The molecule has 0 aliphatic rings. The number of carbonyl (C=O) groups excluding carboxylic acids is 2. The molecule has 0 saturated carbocycles. The minimum atomic E-state index is -0.657. The number of aromatic nitrogens is 2. The van der Waals surface area contributed by atoms with E-state index < -0.39 is 10.8 Å². The van der Waals surface area contributed by atoms with Crippen molar-refractivity contribution in [2.45, 2.75) is 7.43 Å². The quantitative estimate of drug-likeness (QED) is 0.102. The number of hydrogen-bond acceptors (Lipinski definition) is 9. The SMILES string of the molecule is C.COc1ccc(N)c(C(=O)Nc2ccc(Cl)cn2)c1.COc1ccc([N+](=O)[O-])c(C(=O)Nc2ccc(Cl)cn2)c1.[B]. The lowest BCUT2D eigenvalue weighted by Crippen LogP contribution is -2.15. The number of ether oxygens (including phenoxy) is 2. The van der Waals surface area contributed by atoms with E-state index in [4.69, 9.17) is 38.4 Å². The van der Waals surface area contributed by atoms with Crippen LogP contribution in [0.25, 0.3) is 0 Å². The van der Waals surface area contributed by atoms with Crippen LogP contribution in [-0.2, 0) is 0 Å². The van der Waals surface area contributed by atoms with Crippen LogP contribution in [0.15, 0.2) is 73.1 Å². The summed E-state index contributed by atoms with van der Waals surface area (Å²) in [6, 6.07) is 15.1. The van der Waals surface area contributed by atoms with Gasteiger partial charge in [0.25, 0.3) is 17.5 Å². The number of nitrogens with one attached hydrogen (secondary N) is 2. The van der Waals surface area contributed by atoms with Gasteiger partial charge in [0.2, 0.25) is 0 Å². The van der Waals surface area contributed by atoms with E-state index in [1.165, 1.54) is 50.9 Å². The number of nitro benzene ring substituents is 1. The molecule has 0 unspecified atom stereocenters. The topological polar surface area (TPSA) is 172 Å². The van der Waals surface area contributed by atoms with Crippen LogP contribution >= 0.6 is 23.2 Å². The van der Waals surface area contributed by atoms with E-state index in [1.807, 2.05) is 0 Å². The van der Waals surface area contributed by atoms with Crippen LogP contribution in [0.1, 0.15) is 28.1 Å². The smallest absolute Gasteiger partial charge is 0.282 e. The van der Waals surface area contributed by atoms with Gasteiger partial charge in [0.1, 0.15) is 28.7 Å². The second-order valence-corrected chi connectivity index (χ2v) is 8.60. The third-order valence-corrected chi connectivity index (χ3v) is 5.54. The molecule has 42 heavy (non-hydrogen) atoms. The molecule has 15 heteroatoms. The molecule has 0 saturated heterocycles. The third-order valence-electron chi connectivity index (χ3n) is 5.09. The maximum Gasteiger partial charge on any atom is 0.282 e. The Morgan fingerprint density at radius 1 is 0.810 bits per heavy atom. The number of methoxy groups -OCH3 is 2. The number of amides is 2. The molecule has 2 amide bonds. The molecule has 2 aromatic carbocycles. The summed E-state index contributed by atoms with van der Waals surface area (Å²) >= 11 is 11.4. The lowest BCUT2D eigenvalue weighted by Gasteiger charge is -2.08. The maximum absolute atomic E-state index is 12.1. The summed E-state index contributed by atoms with van der Waals surface area (Å²) in [6.07, 6.45) is 2.81. The second kappa shape index (κ2) is 16.4. The fourth-order valence-corrected chi connectivity index (χ4v) is 3.33. The predicted octanol–water partition coefficient (Wildman–Crippen LogP) is 5.74. The monoisotopic (exact) mass is 611 g/mol. The van der Waals surface area contributed by atoms with Crippen molar-refractivity contribution in [1.82, 2.24) is 9.97 Å². The highest BCUT2D eigenvalue weighted by molar-refractivity contribution is 6.30. The highest BCUT2D eigenvalue weighted by atomic mass is 35.5. The van der Waals surface area contributed by atoms with Gasteiger partial charge in [-0.25, -0.2) is 9.97 Å². The standard InChI is InChI=1S/C13H10ClN3O4.C13H12ClN3O2.CH4.B/c1-21-9-3-4-11(17(19)20)10(6-9)13(18)16-12-5-2-8(14)7-15-12;1-19-9-3-4-11(15)10(6-9)13(18)17-12-5-2-8(14)7-16-12;;/h2-7H,1H3,(H,15,16,18);2-7H,15H2,1H3,(H,16,17,18);1H4;. The molecule has 4 rings (SSSR count). The van der Waals surface area contributed by atoms with Crippen LogP contribution < -0.4 is 25.8 Å². The van der Waals surface area contributed by atoms with Gasteiger partial charge < -0.3 is 25.8 Å². The first-order valence-electron chi connectivity index (χ1n) is 11.2. The zero-order valence-electron chi connectivity index (χ0n) is 21.6. The first kappa shape index (κ1) is 35.2. The molecule has 12 nitrogen and oxygen atoms in total. The zero-order valence-corrected chi connectivity index (χ0v) is 23.1. The Morgan fingerprint density at radius 2 is 1.26 bits per heavy atom. The molecule has 0 atom stereocenters. The summed E-state index contributed by atoms with van der Waals surface area (Å²) in [5.41, 5.74) is 6.03. The normalized spacial score (nSPS) is 9.52. The molecular formula is C27H26BCl2N6O6. The Hall–Kier alpha value is -4.88. The number of carbonyl (C=O) groups is 2. The molecule has 0 fully saturated rings. The molecule has 0 spiro atoms. The Bertz CT molecular complexity index is 1530. The lowest BCUT2D eigenvalue weighted by atomic mass is 10.1. The van der Waals surface area contributed by atoms with Crippen molar-refractivity contribution in [1.29, 1.82) is 0 Å². The molecule has 2 heterocycles. The molecule has 3 radical (unpaired) electrons.